The second-order valence-electron chi connectivity index (χ2n) is 5.34. The van der Waals surface area contributed by atoms with Crippen molar-refractivity contribution in [2.45, 2.75) is 6.92 Å². The summed E-state index contributed by atoms with van der Waals surface area (Å²) in [6.45, 7) is 1.91. The predicted molar refractivity (Wildman–Crippen MR) is 98.2 cm³/mol. The fourth-order valence-corrected chi connectivity index (χ4v) is 2.71. The summed E-state index contributed by atoms with van der Waals surface area (Å²) in [6, 6.07) is 18.8. The molecule has 24 heavy (non-hydrogen) atoms. The van der Waals surface area contributed by atoms with Crippen molar-refractivity contribution >= 4 is 39.7 Å². The van der Waals surface area contributed by atoms with E-state index >= 15 is 0 Å². The van der Waals surface area contributed by atoms with E-state index in [2.05, 4.69) is 28.7 Å². The van der Waals surface area contributed by atoms with E-state index in [4.69, 9.17) is 16.7 Å². The summed E-state index contributed by atoms with van der Waals surface area (Å²) in [7, 11) is 0. The number of rotatable bonds is 4. The van der Waals surface area contributed by atoms with Crippen LogP contribution < -0.4 is 5.43 Å². The van der Waals surface area contributed by atoms with Gasteiger partial charge in [-0.05, 0) is 35.9 Å². The van der Waals surface area contributed by atoms with Gasteiger partial charge in [-0.15, -0.1) is 0 Å². The Morgan fingerprint density at radius 3 is 2.58 bits per heavy atom. The Hall–Kier alpha value is -2.85. The quantitative estimate of drug-likeness (QED) is 0.518. The summed E-state index contributed by atoms with van der Waals surface area (Å²) in [5.74, 6) is -1.07. The molecule has 0 amide bonds. The number of fused-ring (bicyclic) bond motifs is 1. The summed E-state index contributed by atoms with van der Waals surface area (Å²) in [4.78, 5) is 11.1. The Morgan fingerprint density at radius 2 is 1.79 bits per heavy atom. The number of benzene rings is 3. The van der Waals surface area contributed by atoms with Gasteiger partial charge in [-0.1, -0.05) is 54.1 Å². The molecule has 3 aromatic rings. The van der Waals surface area contributed by atoms with E-state index in [0.717, 1.165) is 22.0 Å². The standard InChI is InChI=1S/C19H15ClN2O2/c1-12(15-8-4-6-13-5-2-3-7-16(13)15)21-22-14-9-10-18(20)17(11-14)19(23)24/h2-11,22H,1H3,(H,23,24)/b21-12-. The van der Waals surface area contributed by atoms with Crippen LogP contribution in [-0.2, 0) is 0 Å². The lowest BCUT2D eigenvalue weighted by molar-refractivity contribution is 0.0697. The van der Waals surface area contributed by atoms with Gasteiger partial charge in [0.25, 0.3) is 0 Å². The lowest BCUT2D eigenvalue weighted by Gasteiger charge is -2.08. The van der Waals surface area contributed by atoms with Crippen LogP contribution in [0.4, 0.5) is 5.69 Å². The van der Waals surface area contributed by atoms with Crippen LogP contribution in [0.3, 0.4) is 0 Å². The van der Waals surface area contributed by atoms with Gasteiger partial charge >= 0.3 is 5.97 Å². The van der Waals surface area contributed by atoms with Crippen LogP contribution in [-0.4, -0.2) is 16.8 Å². The minimum Gasteiger partial charge on any atom is -0.478 e. The Labute approximate surface area is 144 Å². The number of hydrogen-bond donors (Lipinski definition) is 2. The van der Waals surface area contributed by atoms with Gasteiger partial charge in [0, 0.05) is 5.56 Å². The molecular formula is C19H15ClN2O2. The number of anilines is 1. The minimum absolute atomic E-state index is 0.0414. The molecule has 4 nitrogen and oxygen atoms in total. The van der Waals surface area contributed by atoms with E-state index in [0.29, 0.717) is 5.69 Å². The van der Waals surface area contributed by atoms with Crippen molar-refractivity contribution in [3.8, 4) is 0 Å². The molecule has 0 heterocycles. The van der Waals surface area contributed by atoms with Crippen LogP contribution in [0.5, 0.6) is 0 Å². The first-order valence-electron chi connectivity index (χ1n) is 7.37. The molecular weight excluding hydrogens is 324 g/mol. The highest BCUT2D eigenvalue weighted by atomic mass is 35.5. The molecule has 3 aromatic carbocycles. The summed E-state index contributed by atoms with van der Waals surface area (Å²) in [6.07, 6.45) is 0. The molecule has 0 atom stereocenters. The van der Waals surface area contributed by atoms with Crippen LogP contribution in [0.15, 0.2) is 65.8 Å². The van der Waals surface area contributed by atoms with Gasteiger partial charge in [0.2, 0.25) is 0 Å². The van der Waals surface area contributed by atoms with Crippen LogP contribution in [0.1, 0.15) is 22.8 Å². The smallest absolute Gasteiger partial charge is 0.337 e. The lowest BCUT2D eigenvalue weighted by Crippen LogP contribution is -2.02. The molecule has 0 saturated heterocycles. The lowest BCUT2D eigenvalue weighted by atomic mass is 10.0. The van der Waals surface area contributed by atoms with E-state index in [1.807, 2.05) is 31.2 Å². The first-order valence-corrected chi connectivity index (χ1v) is 7.75. The number of aromatic carboxylic acids is 1. The van der Waals surface area contributed by atoms with Gasteiger partial charge in [0.15, 0.2) is 0 Å². The molecule has 0 fully saturated rings. The molecule has 0 bridgehead atoms. The van der Waals surface area contributed by atoms with Crippen molar-refractivity contribution < 1.29 is 9.90 Å². The third kappa shape index (κ3) is 3.24. The number of carboxylic acid groups (broad SMARTS) is 1. The molecule has 120 valence electrons. The molecule has 0 unspecified atom stereocenters. The average molecular weight is 339 g/mol. The van der Waals surface area contributed by atoms with Crippen LogP contribution in [0, 0.1) is 0 Å². The summed E-state index contributed by atoms with van der Waals surface area (Å²) in [5.41, 5.74) is 5.33. The Kier molecular flexibility index (Phi) is 4.49. The maximum atomic E-state index is 11.1. The summed E-state index contributed by atoms with van der Waals surface area (Å²) < 4.78 is 0. The van der Waals surface area contributed by atoms with Gasteiger partial charge in [0.05, 0.1) is 22.0 Å². The zero-order valence-electron chi connectivity index (χ0n) is 13.0. The Morgan fingerprint density at radius 1 is 1.04 bits per heavy atom. The molecule has 0 saturated carbocycles. The largest absolute Gasteiger partial charge is 0.478 e. The van der Waals surface area contributed by atoms with Crippen molar-refractivity contribution in [2.75, 3.05) is 5.43 Å². The maximum Gasteiger partial charge on any atom is 0.337 e. The van der Waals surface area contributed by atoms with Crippen molar-refractivity contribution in [2.24, 2.45) is 5.10 Å². The fraction of sp³-hybridized carbons (Fsp3) is 0.0526. The second-order valence-corrected chi connectivity index (χ2v) is 5.74. The molecule has 2 N–H and O–H groups in total. The number of nitrogens with zero attached hydrogens (tertiary/aromatic N) is 1. The number of hydrazone groups is 1. The molecule has 0 aromatic heterocycles. The van der Waals surface area contributed by atoms with E-state index in [1.165, 1.54) is 12.1 Å². The topological polar surface area (TPSA) is 61.7 Å². The fourth-order valence-electron chi connectivity index (χ4n) is 2.51. The summed E-state index contributed by atoms with van der Waals surface area (Å²) in [5, 5.41) is 15.9. The van der Waals surface area contributed by atoms with E-state index in [1.54, 1.807) is 6.07 Å². The van der Waals surface area contributed by atoms with E-state index < -0.39 is 5.97 Å². The highest BCUT2D eigenvalue weighted by Crippen LogP contribution is 2.22. The Bertz CT molecular complexity index is 946. The zero-order valence-corrected chi connectivity index (χ0v) is 13.7. The number of carbonyl (C=O) groups is 1. The number of halogens is 1. The molecule has 3 rings (SSSR count). The van der Waals surface area contributed by atoms with Crippen molar-refractivity contribution in [3.63, 3.8) is 0 Å². The summed E-state index contributed by atoms with van der Waals surface area (Å²) >= 11 is 5.87. The normalized spacial score (nSPS) is 11.5. The molecule has 0 aliphatic rings. The van der Waals surface area contributed by atoms with Gasteiger partial charge in [-0.3, -0.25) is 5.43 Å². The minimum atomic E-state index is -1.07. The van der Waals surface area contributed by atoms with Gasteiger partial charge < -0.3 is 5.11 Å². The first kappa shape index (κ1) is 16.0. The van der Waals surface area contributed by atoms with Crippen molar-refractivity contribution in [1.29, 1.82) is 0 Å². The van der Waals surface area contributed by atoms with E-state index in [-0.39, 0.29) is 10.6 Å². The van der Waals surface area contributed by atoms with Gasteiger partial charge in [-0.2, -0.15) is 5.10 Å². The maximum absolute atomic E-state index is 11.1. The first-order chi connectivity index (χ1) is 11.6. The second kappa shape index (κ2) is 6.72. The van der Waals surface area contributed by atoms with Crippen molar-refractivity contribution in [3.05, 3.63) is 76.8 Å². The van der Waals surface area contributed by atoms with Gasteiger partial charge in [0.1, 0.15) is 0 Å². The molecule has 0 aliphatic heterocycles. The molecule has 0 aliphatic carbocycles. The number of hydrogen-bond acceptors (Lipinski definition) is 3. The SMILES string of the molecule is C/C(=N/Nc1ccc(Cl)c(C(=O)O)c1)c1cccc2ccccc12. The zero-order chi connectivity index (χ0) is 17.1. The molecule has 0 spiro atoms. The predicted octanol–water partition coefficient (Wildman–Crippen LogP) is 5.03. The van der Waals surface area contributed by atoms with Crippen LogP contribution >= 0.6 is 11.6 Å². The van der Waals surface area contributed by atoms with Crippen molar-refractivity contribution in [1.82, 2.24) is 0 Å². The number of carboxylic acids is 1. The van der Waals surface area contributed by atoms with Gasteiger partial charge in [-0.25, -0.2) is 4.79 Å². The third-order valence-electron chi connectivity index (χ3n) is 3.73. The Balaban J connectivity index is 1.92. The number of nitrogens with one attached hydrogen (secondary N) is 1. The van der Waals surface area contributed by atoms with Crippen LogP contribution in [0.2, 0.25) is 5.02 Å². The monoisotopic (exact) mass is 338 g/mol. The van der Waals surface area contributed by atoms with E-state index in [9.17, 15) is 4.79 Å². The highest BCUT2D eigenvalue weighted by molar-refractivity contribution is 6.33. The van der Waals surface area contributed by atoms with Crippen LogP contribution in [0.25, 0.3) is 10.8 Å². The molecule has 5 heteroatoms. The highest BCUT2D eigenvalue weighted by Gasteiger charge is 2.09. The third-order valence-corrected chi connectivity index (χ3v) is 4.06. The average Bonchev–Trinajstić information content (AvgIpc) is 2.60. The molecule has 0 radical (unpaired) electrons.